The van der Waals surface area contributed by atoms with Crippen LogP contribution in [0.2, 0.25) is 0 Å². The second kappa shape index (κ2) is 11.1. The Morgan fingerprint density at radius 1 is 1.04 bits per heavy atom. The van der Waals surface area contributed by atoms with E-state index in [1.54, 1.807) is 26.0 Å². The Bertz CT molecular complexity index is 535. The molecular weight excluding hydrogens is 303 g/mol. The summed E-state index contributed by atoms with van der Waals surface area (Å²) >= 11 is 0. The summed E-state index contributed by atoms with van der Waals surface area (Å²) in [5.74, 6) is 5.29. The molecule has 134 valence electrons. The van der Waals surface area contributed by atoms with Crippen molar-refractivity contribution >= 4 is 0 Å². The van der Waals surface area contributed by atoms with Gasteiger partial charge in [0.05, 0.1) is 6.61 Å². The molecule has 3 heteroatoms. The summed E-state index contributed by atoms with van der Waals surface area (Å²) in [4.78, 5) is 0. The van der Waals surface area contributed by atoms with E-state index in [0.29, 0.717) is 12.2 Å². The quantitative estimate of drug-likeness (QED) is 0.454. The third-order valence-electron chi connectivity index (χ3n) is 3.70. The van der Waals surface area contributed by atoms with Crippen LogP contribution in [0.1, 0.15) is 77.7 Å². The number of ether oxygens (including phenoxy) is 1. The number of halogens is 1. The largest absolute Gasteiger partial charge is 0.491 e. The molecule has 0 unspecified atom stereocenters. The van der Waals surface area contributed by atoms with Crippen LogP contribution in [0, 0.1) is 17.7 Å². The van der Waals surface area contributed by atoms with Gasteiger partial charge in [-0.05, 0) is 38.5 Å². The summed E-state index contributed by atoms with van der Waals surface area (Å²) in [5.41, 5.74) is -0.545. The summed E-state index contributed by atoms with van der Waals surface area (Å²) in [6, 6.07) is 4.67. The van der Waals surface area contributed by atoms with E-state index in [4.69, 9.17) is 4.74 Å². The lowest BCUT2D eigenvalue weighted by molar-refractivity contribution is 0.143. The molecule has 1 aromatic rings. The van der Waals surface area contributed by atoms with E-state index in [9.17, 15) is 9.50 Å². The number of hydrogen-bond donors (Lipinski definition) is 1. The third kappa shape index (κ3) is 9.57. The molecule has 0 fully saturated rings. The first-order valence-corrected chi connectivity index (χ1v) is 9.10. The fourth-order valence-corrected chi connectivity index (χ4v) is 2.34. The first-order chi connectivity index (χ1) is 11.4. The lowest BCUT2D eigenvalue weighted by Crippen LogP contribution is -2.14. The number of hydrogen-bond acceptors (Lipinski definition) is 2. The SMILES string of the molecule is CCCCCCCCCCOc1ccc(C#CC(C)(C)O)cc1F. The highest BCUT2D eigenvalue weighted by Gasteiger charge is 2.07. The molecule has 2 nitrogen and oxygen atoms in total. The molecule has 0 aliphatic carbocycles. The van der Waals surface area contributed by atoms with Crippen molar-refractivity contribution < 1.29 is 14.2 Å². The third-order valence-corrected chi connectivity index (χ3v) is 3.70. The highest BCUT2D eigenvalue weighted by atomic mass is 19.1. The van der Waals surface area contributed by atoms with Gasteiger partial charge in [0.2, 0.25) is 0 Å². The Hall–Kier alpha value is -1.53. The van der Waals surface area contributed by atoms with E-state index in [1.165, 1.54) is 44.6 Å². The predicted octanol–water partition coefficient (Wildman–Crippen LogP) is 5.47. The number of aliphatic hydroxyl groups is 1. The van der Waals surface area contributed by atoms with Gasteiger partial charge in [-0.2, -0.15) is 0 Å². The molecule has 0 aliphatic rings. The van der Waals surface area contributed by atoms with Crippen LogP contribution in [0.4, 0.5) is 4.39 Å². The van der Waals surface area contributed by atoms with Crippen LogP contribution >= 0.6 is 0 Å². The molecule has 0 atom stereocenters. The number of rotatable bonds is 10. The van der Waals surface area contributed by atoms with Gasteiger partial charge in [0.25, 0.3) is 0 Å². The number of unbranched alkanes of at least 4 members (excludes halogenated alkanes) is 7. The van der Waals surface area contributed by atoms with E-state index in [1.807, 2.05) is 0 Å². The Labute approximate surface area is 146 Å². The maximum atomic E-state index is 14.0. The lowest BCUT2D eigenvalue weighted by atomic mass is 10.1. The van der Waals surface area contributed by atoms with Crippen molar-refractivity contribution in [3.8, 4) is 17.6 Å². The first-order valence-electron chi connectivity index (χ1n) is 9.10. The highest BCUT2D eigenvalue weighted by molar-refractivity contribution is 5.40. The molecule has 0 amide bonds. The van der Waals surface area contributed by atoms with E-state index >= 15 is 0 Å². The van der Waals surface area contributed by atoms with E-state index in [-0.39, 0.29) is 5.75 Å². The minimum absolute atomic E-state index is 0.270. The summed E-state index contributed by atoms with van der Waals surface area (Å²) in [6.45, 7) is 5.96. The van der Waals surface area contributed by atoms with E-state index in [2.05, 4.69) is 18.8 Å². The van der Waals surface area contributed by atoms with E-state index < -0.39 is 11.4 Å². The lowest BCUT2D eigenvalue weighted by Gasteiger charge is -2.08. The first kappa shape index (κ1) is 20.5. The highest BCUT2D eigenvalue weighted by Crippen LogP contribution is 2.19. The Balaban J connectivity index is 2.27. The van der Waals surface area contributed by atoms with Crippen LogP contribution in [-0.4, -0.2) is 17.3 Å². The van der Waals surface area contributed by atoms with Crippen LogP contribution in [0.3, 0.4) is 0 Å². The average molecular weight is 334 g/mol. The zero-order valence-corrected chi connectivity index (χ0v) is 15.3. The molecular formula is C21H31FO2. The molecule has 1 aromatic carbocycles. The zero-order chi connectivity index (χ0) is 17.8. The minimum Gasteiger partial charge on any atom is -0.491 e. The van der Waals surface area contributed by atoms with Gasteiger partial charge in [-0.1, -0.05) is 63.7 Å². The minimum atomic E-state index is -1.08. The molecule has 0 aromatic heterocycles. The maximum absolute atomic E-state index is 14.0. The van der Waals surface area contributed by atoms with Gasteiger partial charge < -0.3 is 9.84 Å². The molecule has 0 saturated heterocycles. The molecule has 0 radical (unpaired) electrons. The van der Waals surface area contributed by atoms with Crippen molar-refractivity contribution in [1.29, 1.82) is 0 Å². The smallest absolute Gasteiger partial charge is 0.166 e. The molecule has 1 N–H and O–H groups in total. The molecule has 0 spiro atoms. The zero-order valence-electron chi connectivity index (χ0n) is 15.3. The second-order valence-electron chi connectivity index (χ2n) is 6.78. The molecule has 0 heterocycles. The Morgan fingerprint density at radius 2 is 1.67 bits per heavy atom. The standard InChI is InChI=1S/C21H31FO2/c1-4-5-6-7-8-9-10-11-16-24-20-13-12-18(17-19(20)22)14-15-21(2,3)23/h12-13,17,23H,4-11,16H2,1-3H3. The van der Waals surface area contributed by atoms with Crippen molar-refractivity contribution in [1.82, 2.24) is 0 Å². The van der Waals surface area contributed by atoms with Gasteiger partial charge in [-0.3, -0.25) is 0 Å². The van der Waals surface area contributed by atoms with Crippen molar-refractivity contribution in [3.63, 3.8) is 0 Å². The van der Waals surface area contributed by atoms with Gasteiger partial charge in [-0.25, -0.2) is 4.39 Å². The van der Waals surface area contributed by atoms with Crippen molar-refractivity contribution in [3.05, 3.63) is 29.6 Å². The van der Waals surface area contributed by atoms with Crippen LogP contribution in [0.5, 0.6) is 5.75 Å². The second-order valence-corrected chi connectivity index (χ2v) is 6.78. The normalized spacial score (nSPS) is 11.0. The molecule has 0 aliphatic heterocycles. The van der Waals surface area contributed by atoms with Crippen molar-refractivity contribution in [2.24, 2.45) is 0 Å². The summed E-state index contributed by atoms with van der Waals surface area (Å²) in [6.07, 6.45) is 9.85. The maximum Gasteiger partial charge on any atom is 0.166 e. The Kier molecular flexibility index (Phi) is 9.49. The molecule has 1 rings (SSSR count). The fourth-order valence-electron chi connectivity index (χ4n) is 2.34. The summed E-state index contributed by atoms with van der Waals surface area (Å²) < 4.78 is 19.5. The molecule has 0 bridgehead atoms. The fraction of sp³-hybridized carbons (Fsp3) is 0.619. The van der Waals surface area contributed by atoms with Crippen LogP contribution in [-0.2, 0) is 0 Å². The van der Waals surface area contributed by atoms with Crippen molar-refractivity contribution in [2.75, 3.05) is 6.61 Å². The number of benzene rings is 1. The van der Waals surface area contributed by atoms with E-state index in [0.717, 1.165) is 12.8 Å². The van der Waals surface area contributed by atoms with Crippen molar-refractivity contribution in [2.45, 2.75) is 77.7 Å². The van der Waals surface area contributed by atoms with Crippen LogP contribution < -0.4 is 4.74 Å². The van der Waals surface area contributed by atoms with Gasteiger partial charge >= 0.3 is 0 Å². The topological polar surface area (TPSA) is 29.5 Å². The van der Waals surface area contributed by atoms with Gasteiger partial charge in [0, 0.05) is 5.56 Å². The average Bonchev–Trinajstić information content (AvgIpc) is 2.52. The summed E-state index contributed by atoms with van der Waals surface area (Å²) in [5, 5.41) is 9.56. The van der Waals surface area contributed by atoms with Gasteiger partial charge in [0.1, 0.15) is 5.60 Å². The predicted molar refractivity (Wildman–Crippen MR) is 97.7 cm³/mol. The van der Waals surface area contributed by atoms with Gasteiger partial charge in [0.15, 0.2) is 11.6 Å². The van der Waals surface area contributed by atoms with Gasteiger partial charge in [-0.15, -0.1) is 0 Å². The monoisotopic (exact) mass is 334 g/mol. The summed E-state index contributed by atoms with van der Waals surface area (Å²) in [7, 11) is 0. The molecule has 24 heavy (non-hydrogen) atoms. The molecule has 0 saturated carbocycles. The van der Waals surface area contributed by atoms with Crippen LogP contribution in [0.15, 0.2) is 18.2 Å². The van der Waals surface area contributed by atoms with Crippen LogP contribution in [0.25, 0.3) is 0 Å². The Morgan fingerprint density at radius 3 is 2.25 bits per heavy atom.